The molecule has 7 heteroatoms. The van der Waals surface area contributed by atoms with Crippen LogP contribution in [0.3, 0.4) is 0 Å². The van der Waals surface area contributed by atoms with Crippen molar-refractivity contribution in [3.8, 4) is 0 Å². The second kappa shape index (κ2) is 9.21. The Morgan fingerprint density at radius 3 is 2.45 bits per heavy atom. The van der Waals surface area contributed by atoms with Gasteiger partial charge in [-0.1, -0.05) is 32.0 Å². The number of furan rings is 1. The van der Waals surface area contributed by atoms with Crippen LogP contribution in [0.4, 0.5) is 5.69 Å². The maximum absolute atomic E-state index is 13.5. The number of carbonyl (C=O) groups excluding carboxylic acids is 1. The molecule has 1 saturated heterocycles. The van der Waals surface area contributed by atoms with Crippen molar-refractivity contribution in [3.05, 3.63) is 65.4 Å². The molecule has 6 nitrogen and oxygen atoms in total. The molecule has 176 valence electrons. The summed E-state index contributed by atoms with van der Waals surface area (Å²) in [7, 11) is 0.845. The highest BCUT2D eigenvalue weighted by Crippen LogP contribution is 2.28. The average Bonchev–Trinajstić information content (AvgIpc) is 3.34. The van der Waals surface area contributed by atoms with Crippen molar-refractivity contribution >= 4 is 32.4 Å². The predicted molar refractivity (Wildman–Crippen MR) is 132 cm³/mol. The first-order valence-electron chi connectivity index (χ1n) is 11.4. The van der Waals surface area contributed by atoms with Crippen LogP contribution in [0.15, 0.2) is 53.1 Å². The largest absolute Gasteiger partial charge is 0.464 e. The van der Waals surface area contributed by atoms with Crippen LogP contribution in [-0.2, 0) is 27.6 Å². The Bertz CT molecular complexity index is 1240. The fraction of sp³-hybridized carbons (Fsp3) is 0.423. The van der Waals surface area contributed by atoms with Gasteiger partial charge in [0.1, 0.15) is 5.58 Å². The van der Waals surface area contributed by atoms with Gasteiger partial charge in [0.15, 0.2) is 9.84 Å². The molecule has 1 atom stereocenters. The molecule has 0 radical (unpaired) electrons. The van der Waals surface area contributed by atoms with Crippen LogP contribution in [0.2, 0.25) is 0 Å². The van der Waals surface area contributed by atoms with Crippen LogP contribution in [0.25, 0.3) is 11.0 Å². The minimum atomic E-state index is -3.12. The lowest BCUT2D eigenvalue weighted by atomic mass is 9.99. The van der Waals surface area contributed by atoms with Crippen LogP contribution in [0, 0.1) is 0 Å². The summed E-state index contributed by atoms with van der Waals surface area (Å²) in [6.45, 7) is 4.66. The monoisotopic (exact) mass is 468 g/mol. The van der Waals surface area contributed by atoms with E-state index in [0.29, 0.717) is 18.9 Å². The lowest BCUT2D eigenvalue weighted by molar-refractivity contribution is -0.133. The third kappa shape index (κ3) is 5.24. The third-order valence-corrected chi connectivity index (χ3v) is 8.21. The molecule has 0 N–H and O–H groups in total. The number of benzene rings is 2. The number of carbonyl (C=O) groups is 1. The molecule has 1 aliphatic heterocycles. The fourth-order valence-corrected chi connectivity index (χ4v) is 6.13. The van der Waals surface area contributed by atoms with Crippen molar-refractivity contribution in [1.29, 1.82) is 0 Å². The number of rotatable bonds is 7. The van der Waals surface area contributed by atoms with Crippen molar-refractivity contribution in [1.82, 2.24) is 4.90 Å². The molecule has 1 fully saturated rings. The van der Waals surface area contributed by atoms with E-state index in [0.717, 1.165) is 27.8 Å². The smallest absolute Gasteiger partial charge is 0.227 e. The van der Waals surface area contributed by atoms with Gasteiger partial charge in [-0.05, 0) is 47.7 Å². The van der Waals surface area contributed by atoms with Gasteiger partial charge >= 0.3 is 0 Å². The molecule has 0 saturated carbocycles. The maximum atomic E-state index is 13.5. The number of hydrogen-bond donors (Lipinski definition) is 0. The second-order valence-corrected chi connectivity index (χ2v) is 11.7. The van der Waals surface area contributed by atoms with Gasteiger partial charge in [0.05, 0.1) is 24.2 Å². The average molecular weight is 469 g/mol. The lowest BCUT2D eigenvalue weighted by Crippen LogP contribution is -2.41. The molecule has 1 aliphatic rings. The van der Waals surface area contributed by atoms with Crippen LogP contribution in [-0.4, -0.2) is 50.9 Å². The number of hydrogen-bond acceptors (Lipinski definition) is 5. The first-order chi connectivity index (χ1) is 15.6. The second-order valence-electron chi connectivity index (χ2n) is 9.49. The molecule has 3 aromatic rings. The zero-order valence-corrected chi connectivity index (χ0v) is 20.6. The van der Waals surface area contributed by atoms with Gasteiger partial charge in [-0.3, -0.25) is 4.79 Å². The van der Waals surface area contributed by atoms with E-state index in [1.165, 1.54) is 5.56 Å². The van der Waals surface area contributed by atoms with Crippen LogP contribution in [0.5, 0.6) is 0 Å². The van der Waals surface area contributed by atoms with E-state index in [1.54, 1.807) is 11.2 Å². The van der Waals surface area contributed by atoms with Crippen LogP contribution in [0.1, 0.15) is 42.9 Å². The quantitative estimate of drug-likeness (QED) is 0.515. The molecule has 0 unspecified atom stereocenters. The van der Waals surface area contributed by atoms with Crippen molar-refractivity contribution in [2.24, 2.45) is 0 Å². The van der Waals surface area contributed by atoms with E-state index >= 15 is 0 Å². The van der Waals surface area contributed by atoms with E-state index in [4.69, 9.17) is 4.42 Å². The molecule has 0 spiro atoms. The molecule has 0 bridgehead atoms. The molecule has 0 aliphatic carbocycles. The van der Waals surface area contributed by atoms with E-state index in [9.17, 15) is 13.2 Å². The summed E-state index contributed by atoms with van der Waals surface area (Å²) in [6, 6.07) is 13.8. The zero-order valence-electron chi connectivity index (χ0n) is 19.7. The number of anilines is 1. The van der Waals surface area contributed by atoms with Gasteiger partial charge in [-0.2, -0.15) is 0 Å². The van der Waals surface area contributed by atoms with Crippen LogP contribution < -0.4 is 4.90 Å². The Hall–Kier alpha value is -2.80. The van der Waals surface area contributed by atoms with Gasteiger partial charge in [0.2, 0.25) is 5.91 Å². The van der Waals surface area contributed by atoms with Gasteiger partial charge < -0.3 is 14.2 Å². The van der Waals surface area contributed by atoms with E-state index < -0.39 is 9.84 Å². The first-order valence-corrected chi connectivity index (χ1v) is 13.2. The third-order valence-electron chi connectivity index (χ3n) is 6.46. The summed E-state index contributed by atoms with van der Waals surface area (Å²) < 4.78 is 30.1. The molecule has 2 aromatic carbocycles. The number of amides is 1. The summed E-state index contributed by atoms with van der Waals surface area (Å²) in [6.07, 6.45) is 2.32. The van der Waals surface area contributed by atoms with E-state index in [2.05, 4.69) is 26.0 Å². The van der Waals surface area contributed by atoms with Crippen molar-refractivity contribution in [2.75, 3.05) is 30.5 Å². The predicted octanol–water partition coefficient (Wildman–Crippen LogP) is 4.38. The summed E-state index contributed by atoms with van der Waals surface area (Å²) in [5.41, 5.74) is 4.85. The number of fused-ring (bicyclic) bond motifs is 1. The van der Waals surface area contributed by atoms with E-state index in [1.807, 2.05) is 49.3 Å². The molecule has 1 aromatic heterocycles. The minimum Gasteiger partial charge on any atom is -0.464 e. The fourth-order valence-electron chi connectivity index (χ4n) is 4.40. The summed E-state index contributed by atoms with van der Waals surface area (Å²) in [4.78, 5) is 17.3. The summed E-state index contributed by atoms with van der Waals surface area (Å²) in [5.74, 6) is 0.454. The highest BCUT2D eigenvalue weighted by molar-refractivity contribution is 7.91. The molecular formula is C26H32N2O4S. The Morgan fingerprint density at radius 1 is 1.12 bits per heavy atom. The zero-order chi connectivity index (χ0) is 23.8. The Balaban J connectivity index is 1.60. The van der Waals surface area contributed by atoms with Crippen molar-refractivity contribution < 1.29 is 17.6 Å². The van der Waals surface area contributed by atoms with Gasteiger partial charge in [-0.25, -0.2) is 8.42 Å². The van der Waals surface area contributed by atoms with Crippen LogP contribution >= 0.6 is 0 Å². The topological polar surface area (TPSA) is 70.8 Å². The Kier molecular flexibility index (Phi) is 6.52. The number of nitrogens with zero attached hydrogens (tertiary/aromatic N) is 2. The minimum absolute atomic E-state index is 0.0259. The highest BCUT2D eigenvalue weighted by atomic mass is 32.2. The lowest BCUT2D eigenvalue weighted by Gasteiger charge is -2.29. The molecule has 2 heterocycles. The van der Waals surface area contributed by atoms with E-state index in [-0.39, 0.29) is 29.9 Å². The molecular weight excluding hydrogens is 436 g/mol. The highest BCUT2D eigenvalue weighted by Gasteiger charge is 2.35. The Labute approximate surface area is 196 Å². The molecule has 33 heavy (non-hydrogen) atoms. The van der Waals surface area contributed by atoms with Gasteiger partial charge in [0.25, 0.3) is 0 Å². The van der Waals surface area contributed by atoms with Crippen molar-refractivity contribution in [2.45, 2.75) is 45.2 Å². The normalized spacial score (nSPS) is 17.5. The first kappa shape index (κ1) is 23.4. The van der Waals surface area contributed by atoms with Gasteiger partial charge in [-0.15, -0.1) is 0 Å². The molecule has 4 rings (SSSR count). The van der Waals surface area contributed by atoms with Gasteiger partial charge in [0, 0.05) is 43.3 Å². The molecule has 1 amide bonds. The van der Waals surface area contributed by atoms with Crippen molar-refractivity contribution in [3.63, 3.8) is 0 Å². The Morgan fingerprint density at radius 2 is 1.85 bits per heavy atom. The summed E-state index contributed by atoms with van der Waals surface area (Å²) in [5, 5.41) is 0.948. The standard InChI is InChI=1S/C26H32N2O4S/c1-18(2)20-7-10-25-24(13-20)21(16-32-25)14-26(29)28(23-11-12-33(30,31)17-23)15-19-5-8-22(9-6-19)27(3)4/h5-10,13,16,18,23H,11-12,14-15,17H2,1-4H3/t23-/m1/s1. The maximum Gasteiger partial charge on any atom is 0.227 e. The SMILES string of the molecule is CC(C)c1ccc2occ(CC(=O)N(Cc3ccc(N(C)C)cc3)[C@@H]3CCS(=O)(=O)C3)c2c1. The summed E-state index contributed by atoms with van der Waals surface area (Å²) >= 11 is 0. The number of sulfone groups is 1.